The second-order valence-corrected chi connectivity index (χ2v) is 4.59. The van der Waals surface area contributed by atoms with E-state index in [1.807, 2.05) is 6.92 Å². The summed E-state index contributed by atoms with van der Waals surface area (Å²) in [7, 11) is 0. The Labute approximate surface area is 96.5 Å². The standard InChI is InChI=1S/C12H21N3O/c1-9-14-11-4-2-3-5-12(11)15(9)7-6-10(16)8-13/h10,16H,2-8,13H2,1H3. The molecule has 0 aromatic carbocycles. The highest BCUT2D eigenvalue weighted by Gasteiger charge is 2.18. The zero-order valence-corrected chi connectivity index (χ0v) is 9.95. The molecule has 0 saturated carbocycles. The van der Waals surface area contributed by atoms with E-state index in [0.29, 0.717) is 6.54 Å². The summed E-state index contributed by atoms with van der Waals surface area (Å²) in [5.74, 6) is 1.08. The number of aromatic nitrogens is 2. The van der Waals surface area contributed by atoms with Crippen molar-refractivity contribution in [3.8, 4) is 0 Å². The summed E-state index contributed by atoms with van der Waals surface area (Å²) >= 11 is 0. The summed E-state index contributed by atoms with van der Waals surface area (Å²) in [5, 5.41) is 9.49. The molecule has 0 fully saturated rings. The Morgan fingerprint density at radius 2 is 2.19 bits per heavy atom. The molecule has 0 saturated heterocycles. The van der Waals surface area contributed by atoms with Gasteiger partial charge in [0, 0.05) is 18.8 Å². The first kappa shape index (κ1) is 11.6. The molecule has 0 amide bonds. The lowest BCUT2D eigenvalue weighted by atomic mass is 10.0. The molecule has 1 aromatic rings. The van der Waals surface area contributed by atoms with Crippen LogP contribution in [-0.4, -0.2) is 27.3 Å². The number of nitrogens with zero attached hydrogens (tertiary/aromatic N) is 2. The van der Waals surface area contributed by atoms with E-state index < -0.39 is 0 Å². The second-order valence-electron chi connectivity index (χ2n) is 4.59. The van der Waals surface area contributed by atoms with E-state index >= 15 is 0 Å². The number of rotatable bonds is 4. The lowest BCUT2D eigenvalue weighted by Gasteiger charge is -2.16. The maximum Gasteiger partial charge on any atom is 0.106 e. The van der Waals surface area contributed by atoms with E-state index in [1.165, 1.54) is 24.2 Å². The van der Waals surface area contributed by atoms with Gasteiger partial charge >= 0.3 is 0 Å². The van der Waals surface area contributed by atoms with Gasteiger partial charge in [-0.25, -0.2) is 4.98 Å². The Hall–Kier alpha value is -0.870. The number of aliphatic hydroxyl groups is 1. The van der Waals surface area contributed by atoms with Gasteiger partial charge in [0.05, 0.1) is 11.8 Å². The largest absolute Gasteiger partial charge is 0.392 e. The molecule has 1 heterocycles. The highest BCUT2D eigenvalue weighted by Crippen LogP contribution is 2.22. The normalized spacial score (nSPS) is 17.2. The fourth-order valence-corrected chi connectivity index (χ4v) is 2.43. The highest BCUT2D eigenvalue weighted by atomic mass is 16.3. The monoisotopic (exact) mass is 223 g/mol. The second kappa shape index (κ2) is 4.97. The van der Waals surface area contributed by atoms with Gasteiger partial charge in [0.15, 0.2) is 0 Å². The number of fused-ring (bicyclic) bond motifs is 1. The van der Waals surface area contributed by atoms with Crippen LogP contribution in [0, 0.1) is 6.92 Å². The van der Waals surface area contributed by atoms with Crippen LogP contribution in [0.2, 0.25) is 0 Å². The molecular weight excluding hydrogens is 202 g/mol. The van der Waals surface area contributed by atoms with Gasteiger partial charge in [-0.05, 0) is 39.0 Å². The topological polar surface area (TPSA) is 64.1 Å². The molecule has 16 heavy (non-hydrogen) atoms. The van der Waals surface area contributed by atoms with Gasteiger partial charge in [0.25, 0.3) is 0 Å². The van der Waals surface area contributed by atoms with Gasteiger partial charge in [0.2, 0.25) is 0 Å². The van der Waals surface area contributed by atoms with E-state index in [2.05, 4.69) is 9.55 Å². The Kier molecular flexibility index (Phi) is 3.61. The van der Waals surface area contributed by atoms with Crippen molar-refractivity contribution in [1.82, 2.24) is 9.55 Å². The van der Waals surface area contributed by atoms with Crippen LogP contribution in [0.15, 0.2) is 0 Å². The minimum atomic E-state index is -0.388. The molecule has 1 unspecified atom stereocenters. The van der Waals surface area contributed by atoms with Crippen molar-refractivity contribution in [3.63, 3.8) is 0 Å². The molecule has 0 radical (unpaired) electrons. The minimum Gasteiger partial charge on any atom is -0.392 e. The van der Waals surface area contributed by atoms with Crippen molar-refractivity contribution >= 4 is 0 Å². The number of aryl methyl sites for hydroxylation is 2. The molecule has 1 aromatic heterocycles. The summed E-state index contributed by atoms with van der Waals surface area (Å²) in [4.78, 5) is 4.61. The number of aliphatic hydroxyl groups excluding tert-OH is 1. The summed E-state index contributed by atoms with van der Waals surface area (Å²) in [5.41, 5.74) is 8.06. The molecule has 90 valence electrons. The van der Waals surface area contributed by atoms with Crippen LogP contribution < -0.4 is 5.73 Å². The molecule has 2 rings (SSSR count). The predicted octanol–water partition coefficient (Wildman–Crippen LogP) is 0.780. The average molecular weight is 223 g/mol. The van der Waals surface area contributed by atoms with Crippen molar-refractivity contribution in [2.75, 3.05) is 6.54 Å². The smallest absolute Gasteiger partial charge is 0.106 e. The first-order chi connectivity index (χ1) is 7.72. The fraction of sp³-hybridized carbons (Fsp3) is 0.750. The van der Waals surface area contributed by atoms with Crippen LogP contribution in [0.5, 0.6) is 0 Å². The average Bonchev–Trinajstić information content (AvgIpc) is 2.62. The molecule has 0 aliphatic heterocycles. The zero-order chi connectivity index (χ0) is 11.5. The van der Waals surface area contributed by atoms with Crippen molar-refractivity contribution < 1.29 is 5.11 Å². The third-order valence-electron chi connectivity index (χ3n) is 3.38. The molecule has 4 heteroatoms. The molecule has 3 N–H and O–H groups in total. The van der Waals surface area contributed by atoms with Gasteiger partial charge in [-0.1, -0.05) is 0 Å². The van der Waals surface area contributed by atoms with E-state index in [9.17, 15) is 5.11 Å². The molecular formula is C12H21N3O. The lowest BCUT2D eigenvalue weighted by molar-refractivity contribution is 0.166. The molecule has 1 aliphatic carbocycles. The number of hydrogen-bond acceptors (Lipinski definition) is 3. The van der Waals surface area contributed by atoms with Crippen LogP contribution in [-0.2, 0) is 19.4 Å². The van der Waals surface area contributed by atoms with Gasteiger partial charge in [-0.3, -0.25) is 0 Å². The van der Waals surface area contributed by atoms with E-state index in [1.54, 1.807) is 0 Å². The van der Waals surface area contributed by atoms with Crippen molar-refractivity contribution in [2.45, 2.75) is 51.7 Å². The summed E-state index contributed by atoms with van der Waals surface area (Å²) in [6.45, 7) is 3.23. The van der Waals surface area contributed by atoms with E-state index in [0.717, 1.165) is 31.6 Å². The molecule has 0 bridgehead atoms. The predicted molar refractivity (Wildman–Crippen MR) is 63.3 cm³/mol. The van der Waals surface area contributed by atoms with Crippen LogP contribution in [0.3, 0.4) is 0 Å². The van der Waals surface area contributed by atoms with E-state index in [-0.39, 0.29) is 6.10 Å². The number of nitrogens with two attached hydrogens (primary N) is 1. The maximum absolute atomic E-state index is 9.49. The van der Waals surface area contributed by atoms with Crippen LogP contribution in [0.25, 0.3) is 0 Å². The van der Waals surface area contributed by atoms with Gasteiger partial charge < -0.3 is 15.4 Å². The Morgan fingerprint density at radius 1 is 1.44 bits per heavy atom. The van der Waals surface area contributed by atoms with Crippen molar-refractivity contribution in [3.05, 3.63) is 17.2 Å². The molecule has 1 atom stereocenters. The lowest BCUT2D eigenvalue weighted by Crippen LogP contribution is -2.22. The SMILES string of the molecule is Cc1nc2c(n1CCC(O)CN)CCCC2. The first-order valence-corrected chi connectivity index (χ1v) is 6.15. The summed E-state index contributed by atoms with van der Waals surface area (Å²) in [6.07, 6.45) is 5.10. The van der Waals surface area contributed by atoms with Gasteiger partial charge in [-0.2, -0.15) is 0 Å². The third kappa shape index (κ3) is 2.28. The third-order valence-corrected chi connectivity index (χ3v) is 3.38. The fourth-order valence-electron chi connectivity index (χ4n) is 2.43. The molecule has 1 aliphatic rings. The maximum atomic E-state index is 9.49. The van der Waals surface area contributed by atoms with Crippen LogP contribution in [0.1, 0.15) is 36.5 Å². The highest BCUT2D eigenvalue weighted by molar-refractivity contribution is 5.19. The number of imidazole rings is 1. The quantitative estimate of drug-likeness (QED) is 0.793. The Morgan fingerprint density at radius 3 is 2.94 bits per heavy atom. The van der Waals surface area contributed by atoms with E-state index in [4.69, 9.17) is 5.73 Å². The first-order valence-electron chi connectivity index (χ1n) is 6.15. The van der Waals surface area contributed by atoms with Crippen molar-refractivity contribution in [1.29, 1.82) is 0 Å². The van der Waals surface area contributed by atoms with Crippen LogP contribution in [0.4, 0.5) is 0 Å². The number of hydrogen-bond donors (Lipinski definition) is 2. The Bertz CT molecular complexity index is 359. The minimum absolute atomic E-state index is 0.343. The molecule has 0 spiro atoms. The zero-order valence-electron chi connectivity index (χ0n) is 9.95. The van der Waals surface area contributed by atoms with Gasteiger partial charge in [-0.15, -0.1) is 0 Å². The molecule has 4 nitrogen and oxygen atoms in total. The summed E-state index contributed by atoms with van der Waals surface area (Å²) in [6, 6.07) is 0. The van der Waals surface area contributed by atoms with Crippen molar-refractivity contribution in [2.24, 2.45) is 5.73 Å². The summed E-state index contributed by atoms with van der Waals surface area (Å²) < 4.78 is 2.26. The van der Waals surface area contributed by atoms with Crippen LogP contribution >= 0.6 is 0 Å². The Balaban J connectivity index is 2.10. The van der Waals surface area contributed by atoms with Gasteiger partial charge in [0.1, 0.15) is 5.82 Å².